The van der Waals surface area contributed by atoms with Crippen molar-refractivity contribution in [3.05, 3.63) is 52.5 Å². The zero-order valence-corrected chi connectivity index (χ0v) is 22.8. The van der Waals surface area contributed by atoms with Crippen molar-refractivity contribution >= 4 is 54.8 Å². The number of ether oxygens (including phenoxy) is 2. The highest BCUT2D eigenvalue weighted by Gasteiger charge is 2.29. The number of morpholine rings is 1. The second-order valence-electron chi connectivity index (χ2n) is 7.96. The van der Waals surface area contributed by atoms with Crippen LogP contribution < -0.4 is 14.4 Å². The number of sulfonamides is 2. The van der Waals surface area contributed by atoms with E-state index < -0.39 is 32.0 Å². The molecule has 0 radical (unpaired) electrons. The lowest BCUT2D eigenvalue weighted by atomic mass is 10.2. The summed E-state index contributed by atoms with van der Waals surface area (Å²) in [6, 6.07) is 9.21. The van der Waals surface area contributed by atoms with E-state index in [0.29, 0.717) is 32.1 Å². The summed E-state index contributed by atoms with van der Waals surface area (Å²) in [4.78, 5) is 12.8. The molecular weight excluding hydrogens is 553 g/mol. The molecule has 0 bridgehead atoms. The van der Waals surface area contributed by atoms with E-state index in [1.165, 1.54) is 53.7 Å². The fourth-order valence-corrected chi connectivity index (χ4v) is 6.43. The van der Waals surface area contributed by atoms with Gasteiger partial charge in [0, 0.05) is 13.1 Å². The molecule has 1 fully saturated rings. The molecule has 1 N–H and O–H groups in total. The Labute approximate surface area is 221 Å². The number of carbonyl (C=O) groups excluding carboxylic acids is 1. The molecule has 1 aliphatic heterocycles. The van der Waals surface area contributed by atoms with Crippen molar-refractivity contribution in [1.29, 1.82) is 0 Å². The van der Waals surface area contributed by atoms with Crippen LogP contribution in [0.5, 0.6) is 5.75 Å². The number of amides is 1. The number of rotatable bonds is 10. The maximum atomic E-state index is 12.7. The maximum Gasteiger partial charge on any atom is 0.243 e. The van der Waals surface area contributed by atoms with Gasteiger partial charge in [0.2, 0.25) is 26.0 Å². The smallest absolute Gasteiger partial charge is 0.243 e. The Morgan fingerprint density at radius 3 is 2.31 bits per heavy atom. The molecule has 1 atom stereocenters. The van der Waals surface area contributed by atoms with Gasteiger partial charge in [-0.15, -0.1) is 0 Å². The molecule has 10 nitrogen and oxygen atoms in total. The quantitative estimate of drug-likeness (QED) is 0.428. The standard InChI is InChI=1S/C22H27Cl2N3O7S2/c1-16(27(35(2,29)30)17-3-8-20(23)21(24)15-17)22(28)25-9-12-34-18-4-6-19(7-5-18)36(31,32)26-10-13-33-14-11-26/h3-8,15-16H,9-14H2,1-2H3,(H,25,28). The zero-order valence-electron chi connectivity index (χ0n) is 19.7. The first kappa shape index (κ1) is 28.5. The molecule has 36 heavy (non-hydrogen) atoms. The van der Waals surface area contributed by atoms with Gasteiger partial charge in [0.05, 0.1) is 46.6 Å². The van der Waals surface area contributed by atoms with Crippen LogP contribution in [0.3, 0.4) is 0 Å². The Kier molecular flexibility index (Phi) is 9.47. The Hall–Kier alpha value is -2.09. The molecule has 2 aromatic carbocycles. The fourth-order valence-electron chi connectivity index (χ4n) is 3.57. The van der Waals surface area contributed by atoms with Crippen molar-refractivity contribution in [2.24, 2.45) is 0 Å². The molecule has 14 heteroatoms. The lowest BCUT2D eigenvalue weighted by molar-refractivity contribution is -0.121. The van der Waals surface area contributed by atoms with Crippen LogP contribution in [-0.4, -0.2) is 78.8 Å². The van der Waals surface area contributed by atoms with E-state index >= 15 is 0 Å². The lowest BCUT2D eigenvalue weighted by Gasteiger charge is -2.28. The number of hydrogen-bond donors (Lipinski definition) is 1. The van der Waals surface area contributed by atoms with Crippen LogP contribution in [0.15, 0.2) is 47.4 Å². The van der Waals surface area contributed by atoms with Crippen molar-refractivity contribution in [1.82, 2.24) is 9.62 Å². The second kappa shape index (κ2) is 12.0. The number of hydrogen-bond acceptors (Lipinski definition) is 7. The molecule has 2 aromatic rings. The van der Waals surface area contributed by atoms with Crippen LogP contribution in [-0.2, 0) is 29.6 Å². The predicted octanol–water partition coefficient (Wildman–Crippen LogP) is 2.36. The van der Waals surface area contributed by atoms with Gasteiger partial charge in [0.15, 0.2) is 0 Å². The first-order valence-electron chi connectivity index (χ1n) is 10.9. The molecule has 1 aliphatic rings. The SMILES string of the molecule is CC(C(=O)NCCOc1ccc(S(=O)(=O)N2CCOCC2)cc1)N(c1ccc(Cl)c(Cl)c1)S(C)(=O)=O. The van der Waals surface area contributed by atoms with Crippen LogP contribution in [0.4, 0.5) is 5.69 Å². The topological polar surface area (TPSA) is 122 Å². The summed E-state index contributed by atoms with van der Waals surface area (Å²) in [5, 5.41) is 3.06. The van der Waals surface area contributed by atoms with Gasteiger partial charge in [-0.1, -0.05) is 23.2 Å². The Balaban J connectivity index is 1.55. The summed E-state index contributed by atoms with van der Waals surface area (Å²) in [6.45, 7) is 2.96. The zero-order chi connectivity index (χ0) is 26.5. The van der Waals surface area contributed by atoms with Crippen LogP contribution in [0, 0.1) is 0 Å². The molecule has 3 rings (SSSR count). The third-order valence-corrected chi connectivity index (χ3v) is 9.24. The van der Waals surface area contributed by atoms with Gasteiger partial charge < -0.3 is 14.8 Å². The monoisotopic (exact) mass is 579 g/mol. The van der Waals surface area contributed by atoms with Crippen LogP contribution in [0.25, 0.3) is 0 Å². The highest BCUT2D eigenvalue weighted by molar-refractivity contribution is 7.92. The Morgan fingerprint density at radius 1 is 1.08 bits per heavy atom. The first-order valence-corrected chi connectivity index (χ1v) is 15.0. The number of anilines is 1. The molecule has 198 valence electrons. The van der Waals surface area contributed by atoms with E-state index in [-0.39, 0.29) is 33.8 Å². The highest BCUT2D eigenvalue weighted by Crippen LogP contribution is 2.29. The summed E-state index contributed by atoms with van der Waals surface area (Å²) < 4.78 is 63.2. The summed E-state index contributed by atoms with van der Waals surface area (Å²) in [6.07, 6.45) is 0.991. The molecule has 1 heterocycles. The molecule has 1 amide bonds. The normalized spacial score (nSPS) is 15.8. The third-order valence-electron chi connectivity index (χ3n) is 5.35. The second-order valence-corrected chi connectivity index (χ2v) is 12.6. The third kappa shape index (κ3) is 7.02. The number of benzene rings is 2. The number of halogens is 2. The van der Waals surface area contributed by atoms with Crippen LogP contribution >= 0.6 is 23.2 Å². The number of carbonyl (C=O) groups is 1. The van der Waals surface area contributed by atoms with E-state index in [2.05, 4.69) is 5.32 Å². The largest absolute Gasteiger partial charge is 0.492 e. The first-order chi connectivity index (χ1) is 16.9. The van der Waals surface area contributed by atoms with Crippen LogP contribution in [0.2, 0.25) is 10.0 Å². The highest BCUT2D eigenvalue weighted by atomic mass is 35.5. The molecule has 1 unspecified atom stereocenters. The van der Waals surface area contributed by atoms with Gasteiger partial charge in [-0.05, 0) is 49.4 Å². The molecular formula is C22H27Cl2N3O7S2. The van der Waals surface area contributed by atoms with E-state index in [0.717, 1.165) is 10.6 Å². The van der Waals surface area contributed by atoms with E-state index in [4.69, 9.17) is 32.7 Å². The average Bonchev–Trinajstić information content (AvgIpc) is 2.84. The van der Waals surface area contributed by atoms with Gasteiger partial charge in [-0.25, -0.2) is 16.8 Å². The van der Waals surface area contributed by atoms with Crippen molar-refractivity contribution in [2.45, 2.75) is 17.9 Å². The summed E-state index contributed by atoms with van der Waals surface area (Å²) in [5.41, 5.74) is 0.206. The molecule has 1 saturated heterocycles. The molecule has 0 aromatic heterocycles. The van der Waals surface area contributed by atoms with Gasteiger partial charge in [-0.3, -0.25) is 9.10 Å². The van der Waals surface area contributed by atoms with E-state index in [9.17, 15) is 21.6 Å². The average molecular weight is 581 g/mol. The Bertz CT molecular complexity index is 1280. The van der Waals surface area contributed by atoms with Crippen molar-refractivity contribution < 1.29 is 31.1 Å². The van der Waals surface area contributed by atoms with Gasteiger partial charge in [0.1, 0.15) is 18.4 Å². The minimum Gasteiger partial charge on any atom is -0.492 e. The minimum atomic E-state index is -3.81. The lowest BCUT2D eigenvalue weighted by Crippen LogP contribution is -2.48. The van der Waals surface area contributed by atoms with E-state index in [1.807, 2.05) is 0 Å². The summed E-state index contributed by atoms with van der Waals surface area (Å²) >= 11 is 11.9. The number of nitrogens with zero attached hydrogens (tertiary/aromatic N) is 2. The predicted molar refractivity (Wildman–Crippen MR) is 138 cm³/mol. The molecule has 0 aliphatic carbocycles. The summed E-state index contributed by atoms with van der Waals surface area (Å²) in [7, 11) is -7.41. The number of nitrogens with one attached hydrogen (secondary N) is 1. The van der Waals surface area contributed by atoms with Gasteiger partial charge >= 0.3 is 0 Å². The Morgan fingerprint density at radius 2 is 1.72 bits per heavy atom. The summed E-state index contributed by atoms with van der Waals surface area (Å²) in [5.74, 6) is -0.117. The van der Waals surface area contributed by atoms with Crippen molar-refractivity contribution in [3.8, 4) is 5.75 Å². The molecule has 0 spiro atoms. The van der Waals surface area contributed by atoms with Crippen molar-refractivity contribution in [3.63, 3.8) is 0 Å². The van der Waals surface area contributed by atoms with E-state index in [1.54, 1.807) is 0 Å². The minimum absolute atomic E-state index is 0.0830. The fraction of sp³-hybridized carbons (Fsp3) is 0.409. The van der Waals surface area contributed by atoms with Gasteiger partial charge in [0.25, 0.3) is 0 Å². The maximum absolute atomic E-state index is 12.7. The van der Waals surface area contributed by atoms with Crippen LogP contribution in [0.1, 0.15) is 6.92 Å². The molecule has 0 saturated carbocycles. The van der Waals surface area contributed by atoms with Crippen molar-refractivity contribution in [2.75, 3.05) is 50.0 Å². The van der Waals surface area contributed by atoms with Gasteiger partial charge in [-0.2, -0.15) is 4.31 Å².